The van der Waals surface area contributed by atoms with Gasteiger partial charge in [0.15, 0.2) is 0 Å². The molecule has 76 valence electrons. The number of hydrogen-bond donors (Lipinski definition) is 0. The minimum absolute atomic E-state index is 0.873. The van der Waals surface area contributed by atoms with Crippen LogP contribution in [-0.4, -0.2) is 6.61 Å². The second-order valence-corrected chi connectivity index (χ2v) is 4.42. The lowest BCUT2D eigenvalue weighted by Crippen LogP contribution is -1.97. The molecule has 1 aromatic rings. The number of halogens is 1. The van der Waals surface area contributed by atoms with E-state index in [2.05, 4.69) is 28.1 Å². The molecule has 1 aliphatic carbocycles. The third-order valence-corrected chi connectivity index (χ3v) is 3.22. The molecule has 0 N–H and O–H groups in total. The summed E-state index contributed by atoms with van der Waals surface area (Å²) >= 11 is 3.42. The Balaban J connectivity index is 1.77. The molecule has 0 unspecified atom stereocenters. The van der Waals surface area contributed by atoms with Crippen LogP contribution in [0.3, 0.4) is 0 Å². The first kappa shape index (κ1) is 10.0. The van der Waals surface area contributed by atoms with Crippen molar-refractivity contribution < 1.29 is 4.74 Å². The maximum atomic E-state index is 5.64. The van der Waals surface area contributed by atoms with Gasteiger partial charge < -0.3 is 4.74 Å². The summed E-state index contributed by atoms with van der Waals surface area (Å²) in [5, 5.41) is 0.912. The van der Waals surface area contributed by atoms with E-state index in [0.717, 1.165) is 23.6 Å². The van der Waals surface area contributed by atoms with Gasteiger partial charge in [0, 0.05) is 5.33 Å². The molecule has 0 spiro atoms. The van der Waals surface area contributed by atoms with Gasteiger partial charge in [-0.2, -0.15) is 0 Å². The van der Waals surface area contributed by atoms with E-state index in [4.69, 9.17) is 4.74 Å². The van der Waals surface area contributed by atoms with Crippen LogP contribution in [0.5, 0.6) is 5.75 Å². The fourth-order valence-corrected chi connectivity index (χ4v) is 1.80. The minimum atomic E-state index is 0.873. The van der Waals surface area contributed by atoms with Gasteiger partial charge in [0.2, 0.25) is 0 Å². The smallest absolute Gasteiger partial charge is 0.119 e. The van der Waals surface area contributed by atoms with E-state index in [9.17, 15) is 0 Å². The van der Waals surface area contributed by atoms with Gasteiger partial charge in [0.1, 0.15) is 5.75 Å². The number of rotatable bonds is 5. The van der Waals surface area contributed by atoms with Crippen LogP contribution in [0, 0.1) is 5.92 Å². The maximum Gasteiger partial charge on any atom is 0.119 e. The zero-order chi connectivity index (χ0) is 9.80. The molecule has 1 aromatic carbocycles. The lowest BCUT2D eigenvalue weighted by atomic mass is 10.2. The molecule has 0 radical (unpaired) electrons. The third-order valence-electron chi connectivity index (χ3n) is 2.57. The maximum absolute atomic E-state index is 5.64. The van der Waals surface area contributed by atoms with Gasteiger partial charge >= 0.3 is 0 Å². The van der Waals surface area contributed by atoms with E-state index in [1.54, 1.807) is 0 Å². The van der Waals surface area contributed by atoms with E-state index in [1.165, 1.54) is 24.8 Å². The Morgan fingerprint density at radius 2 is 1.93 bits per heavy atom. The first-order chi connectivity index (χ1) is 6.88. The van der Waals surface area contributed by atoms with Crippen LogP contribution in [0.1, 0.15) is 24.8 Å². The molecular formula is C12H15BrO. The van der Waals surface area contributed by atoms with Crippen LogP contribution in [0.15, 0.2) is 24.3 Å². The average Bonchev–Trinajstić information content (AvgIpc) is 3.03. The van der Waals surface area contributed by atoms with E-state index in [0.29, 0.717) is 0 Å². The molecule has 1 fully saturated rings. The first-order valence-electron chi connectivity index (χ1n) is 5.16. The largest absolute Gasteiger partial charge is 0.494 e. The van der Waals surface area contributed by atoms with Gasteiger partial charge in [-0.25, -0.2) is 0 Å². The SMILES string of the molecule is BrCc1ccc(OCCC2CC2)cc1. The second kappa shape index (κ2) is 4.83. The van der Waals surface area contributed by atoms with Crippen molar-refractivity contribution in [3.8, 4) is 5.75 Å². The minimum Gasteiger partial charge on any atom is -0.494 e. The Hall–Kier alpha value is -0.500. The van der Waals surface area contributed by atoms with Crippen LogP contribution in [0.2, 0.25) is 0 Å². The molecule has 0 heterocycles. The van der Waals surface area contributed by atoms with Gasteiger partial charge in [0.25, 0.3) is 0 Å². The monoisotopic (exact) mass is 254 g/mol. The lowest BCUT2D eigenvalue weighted by molar-refractivity contribution is 0.302. The Morgan fingerprint density at radius 3 is 2.50 bits per heavy atom. The molecule has 1 aliphatic rings. The highest BCUT2D eigenvalue weighted by Gasteiger charge is 2.20. The van der Waals surface area contributed by atoms with Crippen molar-refractivity contribution in [3.05, 3.63) is 29.8 Å². The van der Waals surface area contributed by atoms with Gasteiger partial charge in [0.05, 0.1) is 6.61 Å². The van der Waals surface area contributed by atoms with Crippen LogP contribution < -0.4 is 4.74 Å². The van der Waals surface area contributed by atoms with Crippen molar-refractivity contribution >= 4 is 15.9 Å². The Bertz CT molecular complexity index is 277. The molecule has 14 heavy (non-hydrogen) atoms. The van der Waals surface area contributed by atoms with E-state index >= 15 is 0 Å². The summed E-state index contributed by atoms with van der Waals surface area (Å²) in [4.78, 5) is 0. The lowest BCUT2D eigenvalue weighted by Gasteiger charge is -2.05. The molecule has 0 bridgehead atoms. The molecule has 2 heteroatoms. The predicted octanol–water partition coefficient (Wildman–Crippen LogP) is 3.76. The summed E-state index contributed by atoms with van der Waals surface area (Å²) in [7, 11) is 0. The molecule has 0 amide bonds. The molecule has 2 rings (SSSR count). The Morgan fingerprint density at radius 1 is 1.21 bits per heavy atom. The normalized spacial score (nSPS) is 15.5. The van der Waals surface area contributed by atoms with E-state index in [1.807, 2.05) is 12.1 Å². The molecule has 0 saturated heterocycles. The number of alkyl halides is 1. The summed E-state index contributed by atoms with van der Waals surface area (Å²) < 4.78 is 5.64. The third kappa shape index (κ3) is 3.02. The highest BCUT2D eigenvalue weighted by atomic mass is 79.9. The van der Waals surface area contributed by atoms with E-state index < -0.39 is 0 Å². The first-order valence-corrected chi connectivity index (χ1v) is 6.28. The molecule has 0 aliphatic heterocycles. The predicted molar refractivity (Wildman–Crippen MR) is 61.9 cm³/mol. The van der Waals surface area contributed by atoms with Crippen molar-refractivity contribution in [2.75, 3.05) is 6.61 Å². The molecule has 1 saturated carbocycles. The highest BCUT2D eigenvalue weighted by Crippen LogP contribution is 2.32. The van der Waals surface area contributed by atoms with Crippen molar-refractivity contribution in [2.45, 2.75) is 24.6 Å². The number of ether oxygens (including phenoxy) is 1. The van der Waals surface area contributed by atoms with Gasteiger partial charge in [-0.15, -0.1) is 0 Å². The van der Waals surface area contributed by atoms with Crippen molar-refractivity contribution in [1.29, 1.82) is 0 Å². The van der Waals surface area contributed by atoms with Crippen molar-refractivity contribution in [1.82, 2.24) is 0 Å². The fourth-order valence-electron chi connectivity index (χ4n) is 1.42. The molecular weight excluding hydrogens is 240 g/mol. The molecule has 0 atom stereocenters. The quantitative estimate of drug-likeness (QED) is 0.728. The second-order valence-electron chi connectivity index (χ2n) is 3.86. The van der Waals surface area contributed by atoms with Crippen molar-refractivity contribution in [2.24, 2.45) is 5.92 Å². The molecule has 0 aromatic heterocycles. The van der Waals surface area contributed by atoms with Crippen LogP contribution in [0.25, 0.3) is 0 Å². The number of benzene rings is 1. The summed E-state index contributed by atoms with van der Waals surface area (Å²) in [6, 6.07) is 8.29. The van der Waals surface area contributed by atoms with Crippen LogP contribution in [0.4, 0.5) is 0 Å². The highest BCUT2D eigenvalue weighted by molar-refractivity contribution is 9.08. The topological polar surface area (TPSA) is 9.23 Å². The van der Waals surface area contributed by atoms with Crippen LogP contribution >= 0.6 is 15.9 Å². The summed E-state index contributed by atoms with van der Waals surface area (Å²) in [5.41, 5.74) is 1.29. The standard InChI is InChI=1S/C12H15BrO/c13-9-11-3-5-12(6-4-11)14-8-7-10-1-2-10/h3-6,10H,1-2,7-9H2. The fraction of sp³-hybridized carbons (Fsp3) is 0.500. The molecule has 1 nitrogen and oxygen atoms in total. The van der Waals surface area contributed by atoms with E-state index in [-0.39, 0.29) is 0 Å². The Labute approximate surface area is 93.6 Å². The summed E-state index contributed by atoms with van der Waals surface area (Å²) in [5.74, 6) is 1.95. The zero-order valence-electron chi connectivity index (χ0n) is 8.21. The summed E-state index contributed by atoms with van der Waals surface area (Å²) in [6.07, 6.45) is 4.04. The van der Waals surface area contributed by atoms with Crippen LogP contribution in [-0.2, 0) is 5.33 Å². The number of hydrogen-bond acceptors (Lipinski definition) is 1. The zero-order valence-corrected chi connectivity index (χ0v) is 9.79. The van der Waals surface area contributed by atoms with Gasteiger partial charge in [-0.1, -0.05) is 40.9 Å². The Kier molecular flexibility index (Phi) is 3.46. The van der Waals surface area contributed by atoms with Crippen molar-refractivity contribution in [3.63, 3.8) is 0 Å². The van der Waals surface area contributed by atoms with Gasteiger partial charge in [-0.05, 0) is 30.0 Å². The average molecular weight is 255 g/mol. The summed E-state index contributed by atoms with van der Waals surface area (Å²) in [6.45, 7) is 0.873. The van der Waals surface area contributed by atoms with Gasteiger partial charge in [-0.3, -0.25) is 0 Å².